The second kappa shape index (κ2) is 8.00. The molecule has 4 aliphatic carbocycles. The van der Waals surface area contributed by atoms with Crippen molar-refractivity contribution in [1.29, 1.82) is 0 Å². The SMILES string of the molecule is CC(C)C(=O)OCCOC(=O)C(F)(F)C(F)(F)OC(=O)C12CC3CC(CC(C3)C1)C2. The number of hydrogen-bond donors (Lipinski definition) is 0. The van der Waals surface area contributed by atoms with Crippen LogP contribution in [-0.2, 0) is 28.6 Å². The third-order valence-corrected chi connectivity index (χ3v) is 6.35. The number of carbonyl (C=O) groups excluding carboxylic acids is 3. The molecule has 0 unspecified atom stereocenters. The molecule has 0 aromatic rings. The van der Waals surface area contributed by atoms with E-state index in [0.717, 1.165) is 19.3 Å². The van der Waals surface area contributed by atoms with Crippen molar-refractivity contribution < 1.29 is 46.2 Å². The van der Waals surface area contributed by atoms with E-state index in [9.17, 15) is 31.9 Å². The Balaban J connectivity index is 1.57. The molecule has 4 bridgehead atoms. The lowest BCUT2D eigenvalue weighted by molar-refractivity contribution is -0.330. The lowest BCUT2D eigenvalue weighted by atomic mass is 9.49. The average Bonchev–Trinajstić information content (AvgIpc) is 2.63. The zero-order valence-electron chi connectivity index (χ0n) is 16.9. The van der Waals surface area contributed by atoms with Gasteiger partial charge < -0.3 is 14.2 Å². The summed E-state index contributed by atoms with van der Waals surface area (Å²) in [7, 11) is 0. The van der Waals surface area contributed by atoms with E-state index in [-0.39, 0.29) is 17.8 Å². The van der Waals surface area contributed by atoms with Crippen LogP contribution in [0.4, 0.5) is 17.6 Å². The van der Waals surface area contributed by atoms with E-state index in [2.05, 4.69) is 14.2 Å². The molecule has 4 rings (SSSR count). The molecule has 0 aromatic carbocycles. The molecule has 4 aliphatic rings. The molecule has 0 N–H and O–H groups in total. The first-order valence-corrected chi connectivity index (χ1v) is 10.2. The number of carbonyl (C=O) groups is 3. The van der Waals surface area contributed by atoms with Crippen LogP contribution in [0.15, 0.2) is 0 Å². The zero-order chi connectivity index (χ0) is 22.3. The van der Waals surface area contributed by atoms with Crippen LogP contribution in [0.5, 0.6) is 0 Å². The number of ether oxygens (including phenoxy) is 3. The first kappa shape index (κ1) is 22.8. The first-order chi connectivity index (χ1) is 13.9. The summed E-state index contributed by atoms with van der Waals surface area (Å²) in [5, 5.41) is 0. The van der Waals surface area contributed by atoms with E-state index in [1.165, 1.54) is 13.8 Å². The standard InChI is InChI=1S/C20H26F4O6/c1-11(2)15(25)28-3-4-29-17(27)19(21,22)20(23,24)30-16(26)18-8-12-5-13(9-18)7-14(6-12)10-18/h11-14H,3-10H2,1-2H3. The lowest BCUT2D eigenvalue weighted by Crippen LogP contribution is -2.56. The van der Waals surface area contributed by atoms with Crippen molar-refractivity contribution >= 4 is 17.9 Å². The second-order valence-electron chi connectivity index (χ2n) is 9.14. The Labute approximate surface area is 171 Å². The molecule has 170 valence electrons. The van der Waals surface area contributed by atoms with Crippen LogP contribution in [-0.4, -0.2) is 43.2 Å². The smallest absolute Gasteiger partial charge is 0.462 e. The van der Waals surface area contributed by atoms with Crippen molar-refractivity contribution in [2.24, 2.45) is 29.1 Å². The summed E-state index contributed by atoms with van der Waals surface area (Å²) >= 11 is 0. The Hall–Kier alpha value is -1.87. The van der Waals surface area contributed by atoms with Gasteiger partial charge in [0.1, 0.15) is 13.2 Å². The summed E-state index contributed by atoms with van der Waals surface area (Å²) in [4.78, 5) is 35.3. The molecule has 6 nitrogen and oxygen atoms in total. The van der Waals surface area contributed by atoms with Crippen LogP contribution in [0.1, 0.15) is 52.4 Å². The third-order valence-electron chi connectivity index (χ3n) is 6.35. The van der Waals surface area contributed by atoms with Gasteiger partial charge in [-0.2, -0.15) is 17.6 Å². The number of esters is 3. The minimum Gasteiger partial charge on any atom is -0.462 e. The Kier molecular flexibility index (Phi) is 6.08. The Morgan fingerprint density at radius 1 is 0.900 bits per heavy atom. The summed E-state index contributed by atoms with van der Waals surface area (Å²) in [6, 6.07) is 0. The molecule has 0 aliphatic heterocycles. The van der Waals surface area contributed by atoms with Crippen molar-refractivity contribution in [2.75, 3.05) is 13.2 Å². The van der Waals surface area contributed by atoms with Gasteiger partial charge in [-0.3, -0.25) is 9.59 Å². The van der Waals surface area contributed by atoms with Gasteiger partial charge >= 0.3 is 29.9 Å². The molecule has 0 amide bonds. The fourth-order valence-corrected chi connectivity index (χ4v) is 5.30. The van der Waals surface area contributed by atoms with Crippen molar-refractivity contribution in [3.8, 4) is 0 Å². The van der Waals surface area contributed by atoms with Crippen LogP contribution in [0, 0.1) is 29.1 Å². The van der Waals surface area contributed by atoms with Gasteiger partial charge in [-0.25, -0.2) is 4.79 Å². The van der Waals surface area contributed by atoms with E-state index in [4.69, 9.17) is 0 Å². The Bertz CT molecular complexity index is 670. The fraction of sp³-hybridized carbons (Fsp3) is 0.850. The molecule has 0 aromatic heterocycles. The average molecular weight is 438 g/mol. The largest absolute Gasteiger partial charge is 0.478 e. The number of rotatable bonds is 8. The molecule has 4 fully saturated rings. The van der Waals surface area contributed by atoms with E-state index in [0.29, 0.717) is 19.3 Å². The molecule has 10 heteroatoms. The van der Waals surface area contributed by atoms with E-state index in [1.54, 1.807) is 0 Å². The summed E-state index contributed by atoms with van der Waals surface area (Å²) in [6.45, 7) is 1.67. The quantitative estimate of drug-likeness (QED) is 0.249. The third kappa shape index (κ3) is 4.27. The summed E-state index contributed by atoms with van der Waals surface area (Å²) in [5.41, 5.74) is -1.18. The second-order valence-corrected chi connectivity index (χ2v) is 9.14. The highest BCUT2D eigenvalue weighted by Crippen LogP contribution is 2.61. The van der Waals surface area contributed by atoms with Crippen LogP contribution in [0.3, 0.4) is 0 Å². The molecule has 0 saturated heterocycles. The molecular formula is C20H26F4O6. The number of alkyl halides is 4. The van der Waals surface area contributed by atoms with Gasteiger partial charge in [0.2, 0.25) is 0 Å². The predicted octanol–water partition coefficient (Wildman–Crippen LogP) is 3.72. The van der Waals surface area contributed by atoms with E-state index < -0.39 is 54.5 Å². The normalized spacial score (nSPS) is 30.3. The molecule has 0 radical (unpaired) electrons. The van der Waals surface area contributed by atoms with Gasteiger partial charge in [0.25, 0.3) is 0 Å². The summed E-state index contributed by atoms with van der Waals surface area (Å²) in [5.74, 6) is -9.78. The monoisotopic (exact) mass is 438 g/mol. The highest BCUT2D eigenvalue weighted by molar-refractivity contribution is 5.81. The van der Waals surface area contributed by atoms with Crippen molar-refractivity contribution in [3.63, 3.8) is 0 Å². The van der Waals surface area contributed by atoms with Crippen molar-refractivity contribution in [1.82, 2.24) is 0 Å². The highest BCUT2D eigenvalue weighted by Gasteiger charge is 2.69. The van der Waals surface area contributed by atoms with Crippen LogP contribution in [0.2, 0.25) is 0 Å². The van der Waals surface area contributed by atoms with E-state index in [1.807, 2.05) is 0 Å². The number of halogens is 4. The van der Waals surface area contributed by atoms with E-state index >= 15 is 0 Å². The highest BCUT2D eigenvalue weighted by atomic mass is 19.3. The summed E-state index contributed by atoms with van der Waals surface area (Å²) in [6.07, 6.45) is -1.52. The maximum atomic E-state index is 14.2. The fourth-order valence-electron chi connectivity index (χ4n) is 5.30. The molecule has 0 heterocycles. The maximum absolute atomic E-state index is 14.2. The lowest BCUT2D eigenvalue weighted by Gasteiger charge is -2.55. The van der Waals surface area contributed by atoms with Crippen molar-refractivity contribution in [3.05, 3.63) is 0 Å². The van der Waals surface area contributed by atoms with Gasteiger partial charge in [0.15, 0.2) is 0 Å². The van der Waals surface area contributed by atoms with Crippen molar-refractivity contribution in [2.45, 2.75) is 64.4 Å². The number of hydrogen-bond acceptors (Lipinski definition) is 6. The van der Waals surface area contributed by atoms with Gasteiger partial charge in [0, 0.05) is 0 Å². The Morgan fingerprint density at radius 3 is 1.83 bits per heavy atom. The molecule has 4 saturated carbocycles. The van der Waals surface area contributed by atoms with Gasteiger partial charge in [-0.15, -0.1) is 0 Å². The minimum absolute atomic E-state index is 0.219. The molecular weight excluding hydrogens is 412 g/mol. The molecule has 0 spiro atoms. The van der Waals surface area contributed by atoms with Gasteiger partial charge in [-0.05, 0) is 56.3 Å². The summed E-state index contributed by atoms with van der Waals surface area (Å²) < 4.78 is 69.1. The van der Waals surface area contributed by atoms with Crippen LogP contribution < -0.4 is 0 Å². The minimum atomic E-state index is -5.37. The molecule has 0 atom stereocenters. The van der Waals surface area contributed by atoms with Crippen LogP contribution in [0.25, 0.3) is 0 Å². The van der Waals surface area contributed by atoms with Gasteiger partial charge in [0.05, 0.1) is 11.3 Å². The zero-order valence-corrected chi connectivity index (χ0v) is 16.9. The van der Waals surface area contributed by atoms with Gasteiger partial charge in [-0.1, -0.05) is 13.8 Å². The molecule has 30 heavy (non-hydrogen) atoms. The topological polar surface area (TPSA) is 78.9 Å². The first-order valence-electron chi connectivity index (χ1n) is 10.2. The maximum Gasteiger partial charge on any atom is 0.478 e. The Morgan fingerprint density at radius 2 is 1.37 bits per heavy atom. The predicted molar refractivity (Wildman–Crippen MR) is 93.3 cm³/mol. The van der Waals surface area contributed by atoms with Crippen LogP contribution >= 0.6 is 0 Å².